The number of rotatable bonds is 2. The number of hydrogen-bond acceptors (Lipinski definition) is 3. The van der Waals surface area contributed by atoms with Gasteiger partial charge in [-0.1, -0.05) is 72.8 Å². The first-order valence-electron chi connectivity index (χ1n) is 11.2. The fourth-order valence-corrected chi connectivity index (χ4v) is 5.93. The lowest BCUT2D eigenvalue weighted by atomic mass is 9.97. The normalized spacial score (nSPS) is 11.6. The Morgan fingerprint density at radius 1 is 0.529 bits per heavy atom. The van der Waals surface area contributed by atoms with Crippen molar-refractivity contribution in [2.45, 2.75) is 0 Å². The van der Waals surface area contributed by atoms with Crippen molar-refractivity contribution in [3.8, 4) is 22.3 Å². The molecule has 7 aromatic rings. The fraction of sp³-hybridized carbons (Fsp3) is 0. The summed E-state index contributed by atoms with van der Waals surface area (Å²) in [5, 5.41) is 3.82. The summed E-state index contributed by atoms with van der Waals surface area (Å²) in [6.45, 7) is 0. The fourth-order valence-electron chi connectivity index (χ4n) is 4.82. The zero-order valence-corrected chi connectivity index (χ0v) is 18.9. The molecule has 0 N–H and O–H groups in total. The number of fused-ring (bicyclic) bond motifs is 5. The highest BCUT2D eigenvalue weighted by Gasteiger charge is 2.13. The molecule has 2 heterocycles. The van der Waals surface area contributed by atoms with Crippen LogP contribution in [0.15, 0.2) is 118 Å². The molecular formula is C31H18O2S. The van der Waals surface area contributed by atoms with Crippen LogP contribution in [-0.2, 0) is 0 Å². The molecule has 0 spiro atoms. The van der Waals surface area contributed by atoms with Gasteiger partial charge in [0, 0.05) is 36.5 Å². The number of furan rings is 1. The monoisotopic (exact) mass is 454 g/mol. The third-order valence-electron chi connectivity index (χ3n) is 6.49. The molecule has 34 heavy (non-hydrogen) atoms. The lowest BCUT2D eigenvalue weighted by molar-refractivity contribution is 0.670. The topological polar surface area (TPSA) is 30.2 Å². The highest BCUT2D eigenvalue weighted by molar-refractivity contribution is 7.24. The molecule has 7 rings (SSSR count). The maximum atomic E-state index is 13.0. The van der Waals surface area contributed by atoms with Gasteiger partial charge in [0.15, 0.2) is 5.43 Å². The van der Waals surface area contributed by atoms with Crippen molar-refractivity contribution in [3.63, 3.8) is 0 Å². The smallest absolute Gasteiger partial charge is 0.195 e. The van der Waals surface area contributed by atoms with Gasteiger partial charge in [-0.25, -0.2) is 0 Å². The molecule has 2 aromatic heterocycles. The lowest BCUT2D eigenvalue weighted by Crippen LogP contribution is -2.00. The summed E-state index contributed by atoms with van der Waals surface area (Å²) in [7, 11) is 0. The second-order valence-electron chi connectivity index (χ2n) is 8.50. The second kappa shape index (κ2) is 7.41. The van der Waals surface area contributed by atoms with Gasteiger partial charge < -0.3 is 4.42 Å². The van der Waals surface area contributed by atoms with Crippen LogP contribution in [0, 0.1) is 0 Å². The standard InChI is InChI=1S/C31H18O2S/c32-30-25-10-2-4-14-28(25)34-29-18-20(15-16-26(29)30)19-7-5-8-21(17-19)22-11-6-12-24-23-9-1-3-13-27(23)33-31(22)24/h1-18H. The van der Waals surface area contributed by atoms with Gasteiger partial charge in [0.05, 0.1) is 0 Å². The first kappa shape index (κ1) is 19.3. The van der Waals surface area contributed by atoms with Gasteiger partial charge in [-0.2, -0.15) is 0 Å². The Kier molecular flexibility index (Phi) is 4.20. The Morgan fingerprint density at radius 3 is 2.18 bits per heavy atom. The molecule has 3 heteroatoms. The summed E-state index contributed by atoms with van der Waals surface area (Å²) in [4.78, 5) is 13.0. The van der Waals surface area contributed by atoms with Crippen LogP contribution in [0.2, 0.25) is 0 Å². The Balaban J connectivity index is 1.40. The van der Waals surface area contributed by atoms with Crippen LogP contribution in [0.5, 0.6) is 0 Å². The Morgan fingerprint density at radius 2 is 1.24 bits per heavy atom. The van der Waals surface area contributed by atoms with Gasteiger partial charge >= 0.3 is 0 Å². The summed E-state index contributed by atoms with van der Waals surface area (Å²) >= 11 is 1.66. The summed E-state index contributed by atoms with van der Waals surface area (Å²) in [6.07, 6.45) is 0. The van der Waals surface area contributed by atoms with Crippen molar-refractivity contribution in [3.05, 3.63) is 119 Å². The zero-order valence-electron chi connectivity index (χ0n) is 18.1. The summed E-state index contributed by atoms with van der Waals surface area (Å²) in [5.41, 5.74) is 6.29. The Bertz CT molecular complexity index is 1940. The van der Waals surface area contributed by atoms with Crippen molar-refractivity contribution >= 4 is 53.4 Å². The van der Waals surface area contributed by atoms with Gasteiger partial charge in [-0.05, 0) is 53.1 Å². The minimum absolute atomic E-state index is 0.0983. The summed E-state index contributed by atoms with van der Waals surface area (Å²) in [6, 6.07) is 37.0. The molecule has 0 aliphatic carbocycles. The molecule has 0 atom stereocenters. The van der Waals surface area contributed by atoms with E-state index in [4.69, 9.17) is 4.42 Å². The minimum atomic E-state index is 0.0983. The average Bonchev–Trinajstić information content (AvgIpc) is 3.28. The molecular weight excluding hydrogens is 436 g/mol. The van der Waals surface area contributed by atoms with E-state index in [-0.39, 0.29) is 5.43 Å². The summed E-state index contributed by atoms with van der Waals surface area (Å²) < 4.78 is 8.28. The highest BCUT2D eigenvalue weighted by Crippen LogP contribution is 2.37. The van der Waals surface area contributed by atoms with E-state index in [9.17, 15) is 4.79 Å². The minimum Gasteiger partial charge on any atom is -0.455 e. The van der Waals surface area contributed by atoms with Gasteiger partial charge in [-0.15, -0.1) is 11.3 Å². The van der Waals surface area contributed by atoms with E-state index < -0.39 is 0 Å². The molecule has 0 radical (unpaired) electrons. The SMILES string of the molecule is O=c1c2ccccc2sc2cc(-c3cccc(-c4cccc5c4oc4ccccc45)c3)ccc12. The molecule has 2 nitrogen and oxygen atoms in total. The third kappa shape index (κ3) is 2.91. The van der Waals surface area contributed by atoms with Crippen LogP contribution in [0.1, 0.15) is 0 Å². The van der Waals surface area contributed by atoms with Gasteiger partial charge in [-0.3, -0.25) is 4.79 Å². The van der Waals surface area contributed by atoms with Crippen molar-refractivity contribution in [1.82, 2.24) is 0 Å². The molecule has 5 aromatic carbocycles. The predicted molar refractivity (Wildman–Crippen MR) is 144 cm³/mol. The number of hydrogen-bond donors (Lipinski definition) is 0. The molecule has 0 amide bonds. The van der Waals surface area contributed by atoms with E-state index >= 15 is 0 Å². The lowest BCUT2D eigenvalue weighted by Gasteiger charge is -2.08. The van der Waals surface area contributed by atoms with Crippen LogP contribution in [-0.4, -0.2) is 0 Å². The molecule has 0 fully saturated rings. The highest BCUT2D eigenvalue weighted by atomic mass is 32.1. The number of para-hydroxylation sites is 2. The molecule has 0 saturated heterocycles. The van der Waals surface area contributed by atoms with Crippen LogP contribution < -0.4 is 5.43 Å². The maximum absolute atomic E-state index is 13.0. The zero-order chi connectivity index (χ0) is 22.6. The van der Waals surface area contributed by atoms with Crippen molar-refractivity contribution in [1.29, 1.82) is 0 Å². The van der Waals surface area contributed by atoms with Crippen LogP contribution in [0.4, 0.5) is 0 Å². The van der Waals surface area contributed by atoms with E-state index in [0.717, 1.165) is 64.4 Å². The molecule has 0 saturated carbocycles. The van der Waals surface area contributed by atoms with E-state index in [0.29, 0.717) is 0 Å². The van der Waals surface area contributed by atoms with Crippen molar-refractivity contribution in [2.24, 2.45) is 0 Å². The summed E-state index contributed by atoms with van der Waals surface area (Å²) in [5.74, 6) is 0. The van der Waals surface area contributed by atoms with Crippen molar-refractivity contribution < 1.29 is 4.42 Å². The first-order valence-corrected chi connectivity index (χ1v) is 12.0. The van der Waals surface area contributed by atoms with Crippen LogP contribution in [0.25, 0.3) is 64.4 Å². The first-order chi connectivity index (χ1) is 16.8. The number of benzene rings is 5. The quantitative estimate of drug-likeness (QED) is 0.245. The van der Waals surface area contributed by atoms with E-state index in [1.54, 1.807) is 11.3 Å². The van der Waals surface area contributed by atoms with Crippen molar-refractivity contribution in [2.75, 3.05) is 0 Å². The van der Waals surface area contributed by atoms with E-state index in [1.165, 1.54) is 0 Å². The van der Waals surface area contributed by atoms with Gasteiger partial charge in [0.1, 0.15) is 11.2 Å². The van der Waals surface area contributed by atoms with E-state index in [2.05, 4.69) is 54.6 Å². The molecule has 0 unspecified atom stereocenters. The Labute approximate surface area is 199 Å². The third-order valence-corrected chi connectivity index (χ3v) is 7.62. The molecule has 0 aliphatic heterocycles. The molecule has 160 valence electrons. The van der Waals surface area contributed by atoms with Gasteiger partial charge in [0.2, 0.25) is 0 Å². The maximum Gasteiger partial charge on any atom is 0.195 e. The van der Waals surface area contributed by atoms with Crippen LogP contribution >= 0.6 is 11.3 Å². The molecule has 0 aliphatic rings. The van der Waals surface area contributed by atoms with Crippen LogP contribution in [0.3, 0.4) is 0 Å². The predicted octanol–water partition coefficient (Wildman–Crippen LogP) is 8.65. The Hall–Kier alpha value is -4.21. The largest absolute Gasteiger partial charge is 0.455 e. The second-order valence-corrected chi connectivity index (χ2v) is 9.58. The van der Waals surface area contributed by atoms with E-state index in [1.807, 2.05) is 54.6 Å². The molecule has 0 bridgehead atoms. The average molecular weight is 455 g/mol. The van der Waals surface area contributed by atoms with Gasteiger partial charge in [0.25, 0.3) is 0 Å².